The van der Waals surface area contributed by atoms with Crippen molar-refractivity contribution in [3.8, 4) is 0 Å². The lowest BCUT2D eigenvalue weighted by molar-refractivity contribution is 0.0950. The molecule has 1 amide bonds. The number of carbonyl (C=O) groups is 1. The van der Waals surface area contributed by atoms with Crippen LogP contribution in [0.2, 0.25) is 5.15 Å². The molecule has 0 saturated heterocycles. The number of carbonyl (C=O) groups excluding carboxylic acids is 1. The van der Waals surface area contributed by atoms with E-state index in [1.807, 2.05) is 13.8 Å². The molecule has 0 aliphatic rings. The molecule has 7 heteroatoms. The molecule has 0 atom stereocenters. The SMILES string of the molecule is CC(C)c1cc(C(=O)NCc2csc(=O)[nH]2)cc(Cl)n1. The normalized spacial score (nSPS) is 10.8. The van der Waals surface area contributed by atoms with Crippen molar-refractivity contribution in [2.24, 2.45) is 0 Å². The summed E-state index contributed by atoms with van der Waals surface area (Å²) in [6.07, 6.45) is 0. The molecule has 2 aromatic heterocycles. The Morgan fingerprint density at radius 3 is 2.85 bits per heavy atom. The molecular formula is C13H14ClN3O2S. The van der Waals surface area contributed by atoms with Crippen molar-refractivity contribution in [3.05, 3.63) is 49.3 Å². The number of pyridine rings is 1. The first-order chi connectivity index (χ1) is 9.45. The minimum absolute atomic E-state index is 0.136. The number of nitrogens with one attached hydrogen (secondary N) is 2. The predicted molar refractivity (Wildman–Crippen MR) is 79.4 cm³/mol. The highest BCUT2D eigenvalue weighted by atomic mass is 35.5. The molecule has 0 radical (unpaired) electrons. The van der Waals surface area contributed by atoms with Gasteiger partial charge in [-0.3, -0.25) is 9.59 Å². The maximum absolute atomic E-state index is 12.1. The standard InChI is InChI=1S/C13H14ClN3O2S/c1-7(2)10-3-8(4-11(14)17-10)12(18)15-5-9-6-20-13(19)16-9/h3-4,6-7H,5H2,1-2H3,(H,15,18)(H,16,19). The lowest BCUT2D eigenvalue weighted by Crippen LogP contribution is -2.23. The van der Waals surface area contributed by atoms with E-state index in [9.17, 15) is 9.59 Å². The number of thiazole rings is 1. The van der Waals surface area contributed by atoms with Gasteiger partial charge in [0.25, 0.3) is 5.91 Å². The third-order valence-electron chi connectivity index (χ3n) is 2.68. The molecular weight excluding hydrogens is 298 g/mol. The van der Waals surface area contributed by atoms with Gasteiger partial charge in [-0.05, 0) is 18.1 Å². The van der Waals surface area contributed by atoms with E-state index in [0.717, 1.165) is 17.0 Å². The Morgan fingerprint density at radius 2 is 2.25 bits per heavy atom. The van der Waals surface area contributed by atoms with Gasteiger partial charge in [0.05, 0.1) is 6.54 Å². The number of H-pyrrole nitrogens is 1. The minimum atomic E-state index is -0.247. The van der Waals surface area contributed by atoms with Gasteiger partial charge in [-0.15, -0.1) is 0 Å². The molecule has 2 rings (SSSR count). The molecule has 106 valence electrons. The lowest BCUT2D eigenvalue weighted by atomic mass is 10.1. The van der Waals surface area contributed by atoms with Crippen LogP contribution in [-0.2, 0) is 6.54 Å². The van der Waals surface area contributed by atoms with Crippen LogP contribution in [0.1, 0.15) is 41.5 Å². The summed E-state index contributed by atoms with van der Waals surface area (Å²) in [6, 6.07) is 3.25. The molecule has 0 aliphatic carbocycles. The minimum Gasteiger partial charge on any atom is -0.346 e. The van der Waals surface area contributed by atoms with E-state index in [1.165, 1.54) is 6.07 Å². The number of aromatic nitrogens is 2. The van der Waals surface area contributed by atoms with Gasteiger partial charge in [0.15, 0.2) is 0 Å². The van der Waals surface area contributed by atoms with Gasteiger partial charge in [-0.1, -0.05) is 36.8 Å². The van der Waals surface area contributed by atoms with E-state index in [-0.39, 0.29) is 23.2 Å². The van der Waals surface area contributed by atoms with Gasteiger partial charge in [-0.25, -0.2) is 4.98 Å². The van der Waals surface area contributed by atoms with Crippen LogP contribution < -0.4 is 10.2 Å². The number of hydrogen-bond donors (Lipinski definition) is 2. The van der Waals surface area contributed by atoms with Gasteiger partial charge in [-0.2, -0.15) is 0 Å². The maximum Gasteiger partial charge on any atom is 0.304 e. The summed E-state index contributed by atoms with van der Waals surface area (Å²) in [7, 11) is 0. The highest BCUT2D eigenvalue weighted by molar-refractivity contribution is 7.07. The third-order valence-corrected chi connectivity index (χ3v) is 3.59. The maximum atomic E-state index is 12.1. The van der Waals surface area contributed by atoms with Crippen molar-refractivity contribution >= 4 is 28.8 Å². The Hall–Kier alpha value is -1.66. The highest BCUT2D eigenvalue weighted by Crippen LogP contribution is 2.17. The molecule has 0 aliphatic heterocycles. The average Bonchev–Trinajstić information content (AvgIpc) is 2.81. The van der Waals surface area contributed by atoms with Crippen molar-refractivity contribution in [1.82, 2.24) is 15.3 Å². The first-order valence-corrected chi connectivity index (χ1v) is 7.34. The Bertz CT molecular complexity index is 678. The molecule has 0 spiro atoms. The number of nitrogens with zero attached hydrogens (tertiary/aromatic N) is 1. The van der Waals surface area contributed by atoms with E-state index in [4.69, 9.17) is 11.6 Å². The molecule has 2 aromatic rings. The fourth-order valence-corrected chi connectivity index (χ4v) is 2.42. The zero-order valence-corrected chi connectivity index (χ0v) is 12.6. The van der Waals surface area contributed by atoms with E-state index in [0.29, 0.717) is 16.4 Å². The summed E-state index contributed by atoms with van der Waals surface area (Å²) in [5, 5.41) is 4.71. The summed E-state index contributed by atoms with van der Waals surface area (Å²) in [5.41, 5.74) is 1.91. The fourth-order valence-electron chi connectivity index (χ4n) is 1.62. The van der Waals surface area contributed by atoms with Crippen LogP contribution in [0, 0.1) is 0 Å². The molecule has 5 nitrogen and oxygen atoms in total. The second kappa shape index (κ2) is 6.19. The first kappa shape index (κ1) is 14.7. The lowest BCUT2D eigenvalue weighted by Gasteiger charge is -2.08. The van der Waals surface area contributed by atoms with Gasteiger partial charge in [0.2, 0.25) is 0 Å². The zero-order valence-electron chi connectivity index (χ0n) is 11.1. The van der Waals surface area contributed by atoms with Gasteiger partial charge < -0.3 is 10.3 Å². The monoisotopic (exact) mass is 311 g/mol. The molecule has 2 heterocycles. The number of amides is 1. The number of hydrogen-bond acceptors (Lipinski definition) is 4. The fraction of sp³-hybridized carbons (Fsp3) is 0.308. The van der Waals surface area contributed by atoms with E-state index in [2.05, 4.69) is 15.3 Å². The zero-order chi connectivity index (χ0) is 14.7. The molecule has 0 aromatic carbocycles. The van der Waals surface area contributed by atoms with Gasteiger partial charge in [0, 0.05) is 22.3 Å². The van der Waals surface area contributed by atoms with Crippen LogP contribution in [0.5, 0.6) is 0 Å². The van der Waals surface area contributed by atoms with Crippen LogP contribution in [-0.4, -0.2) is 15.9 Å². The van der Waals surface area contributed by atoms with E-state index >= 15 is 0 Å². The van der Waals surface area contributed by atoms with Crippen molar-refractivity contribution < 1.29 is 4.79 Å². The largest absolute Gasteiger partial charge is 0.346 e. The quantitative estimate of drug-likeness (QED) is 0.852. The molecule has 20 heavy (non-hydrogen) atoms. The second-order valence-electron chi connectivity index (χ2n) is 4.61. The number of aromatic amines is 1. The van der Waals surface area contributed by atoms with Crippen molar-refractivity contribution in [2.75, 3.05) is 0 Å². The van der Waals surface area contributed by atoms with Crippen LogP contribution in [0.15, 0.2) is 22.3 Å². The molecule has 0 fully saturated rings. The summed E-state index contributed by atoms with van der Waals surface area (Å²) >= 11 is 6.99. The van der Waals surface area contributed by atoms with Gasteiger partial charge >= 0.3 is 4.87 Å². The third kappa shape index (κ3) is 3.68. The van der Waals surface area contributed by atoms with Crippen LogP contribution in [0.25, 0.3) is 0 Å². The van der Waals surface area contributed by atoms with Crippen LogP contribution in [0.3, 0.4) is 0 Å². The van der Waals surface area contributed by atoms with Crippen molar-refractivity contribution in [2.45, 2.75) is 26.3 Å². The summed E-state index contributed by atoms with van der Waals surface area (Å²) in [5.74, 6) is -0.0586. The Morgan fingerprint density at radius 1 is 1.50 bits per heavy atom. The Labute approximate surface area is 125 Å². The summed E-state index contributed by atoms with van der Waals surface area (Å²) in [6.45, 7) is 4.24. The molecule has 0 unspecified atom stereocenters. The Kier molecular flexibility index (Phi) is 4.57. The van der Waals surface area contributed by atoms with Crippen molar-refractivity contribution in [3.63, 3.8) is 0 Å². The second-order valence-corrected chi connectivity index (χ2v) is 5.84. The topological polar surface area (TPSA) is 74.8 Å². The summed E-state index contributed by atoms with van der Waals surface area (Å²) in [4.78, 5) is 29.7. The average molecular weight is 312 g/mol. The van der Waals surface area contributed by atoms with Crippen molar-refractivity contribution in [1.29, 1.82) is 0 Å². The summed E-state index contributed by atoms with van der Waals surface area (Å²) < 4.78 is 0. The van der Waals surface area contributed by atoms with E-state index in [1.54, 1.807) is 11.4 Å². The van der Waals surface area contributed by atoms with Crippen LogP contribution >= 0.6 is 22.9 Å². The van der Waals surface area contributed by atoms with Crippen LogP contribution in [0.4, 0.5) is 0 Å². The molecule has 2 N–H and O–H groups in total. The predicted octanol–water partition coefficient (Wildman–Crippen LogP) is 2.54. The number of halogens is 1. The number of rotatable bonds is 4. The van der Waals surface area contributed by atoms with E-state index < -0.39 is 0 Å². The van der Waals surface area contributed by atoms with Gasteiger partial charge in [0.1, 0.15) is 5.15 Å². The molecule has 0 saturated carbocycles. The first-order valence-electron chi connectivity index (χ1n) is 6.08. The molecule has 0 bridgehead atoms. The Balaban J connectivity index is 2.10. The smallest absolute Gasteiger partial charge is 0.304 e. The highest BCUT2D eigenvalue weighted by Gasteiger charge is 2.11.